The fraction of sp³-hybridized carbons (Fsp3) is 0.222. The minimum atomic E-state index is -0.733. The molecule has 0 spiro atoms. The van der Waals surface area contributed by atoms with E-state index in [2.05, 4.69) is 31.9 Å². The van der Waals surface area contributed by atoms with Gasteiger partial charge in [-0.2, -0.15) is 0 Å². The summed E-state index contributed by atoms with van der Waals surface area (Å²) in [4.78, 5) is 25.0. The van der Waals surface area contributed by atoms with E-state index in [-0.39, 0.29) is 0 Å². The maximum Gasteiger partial charge on any atom is 0.319 e. The molecule has 1 fully saturated rings. The number of hydrogen-bond acceptors (Lipinski definition) is 3. The molecule has 0 aromatic heterocycles. The van der Waals surface area contributed by atoms with Crippen LogP contribution in [0.4, 0.5) is 0 Å². The lowest BCUT2D eigenvalue weighted by atomic mass is 9.54. The van der Waals surface area contributed by atoms with Crippen molar-refractivity contribution in [2.45, 2.75) is 8.65 Å². The summed E-state index contributed by atoms with van der Waals surface area (Å²) >= 11 is 7.71. The van der Waals surface area contributed by atoms with Crippen molar-refractivity contribution in [2.24, 2.45) is 11.8 Å². The van der Waals surface area contributed by atoms with Gasteiger partial charge in [0.15, 0.2) is 0 Å². The van der Waals surface area contributed by atoms with E-state index in [1.807, 2.05) is 48.5 Å². The Labute approximate surface area is 149 Å². The van der Waals surface area contributed by atoms with Gasteiger partial charge in [0, 0.05) is 0 Å². The van der Waals surface area contributed by atoms with Crippen molar-refractivity contribution in [1.82, 2.24) is 0 Å². The normalized spacial score (nSPS) is 36.3. The number of alkyl halides is 2. The summed E-state index contributed by atoms with van der Waals surface area (Å²) in [5.74, 6) is -2.05. The molecule has 2 aromatic rings. The summed E-state index contributed by atoms with van der Waals surface area (Å²) in [5, 5.41) is 0. The zero-order valence-corrected chi connectivity index (χ0v) is 14.9. The largest absolute Gasteiger partial charge is 0.393 e. The number of hydrogen-bond donors (Lipinski definition) is 0. The van der Waals surface area contributed by atoms with E-state index in [1.165, 1.54) is 0 Å². The van der Waals surface area contributed by atoms with Gasteiger partial charge in [-0.3, -0.25) is 9.59 Å². The number of carbonyl (C=O) groups is 2. The minimum absolute atomic E-state index is 0.454. The van der Waals surface area contributed by atoms with Crippen LogP contribution < -0.4 is 0 Å². The Bertz CT molecular complexity index is 785. The number of benzene rings is 2. The highest BCUT2D eigenvalue weighted by Crippen LogP contribution is 2.70. The third kappa shape index (κ3) is 1.34. The van der Waals surface area contributed by atoms with Crippen LogP contribution in [0.15, 0.2) is 48.5 Å². The van der Waals surface area contributed by atoms with Crippen LogP contribution in [0.25, 0.3) is 0 Å². The van der Waals surface area contributed by atoms with E-state index in [9.17, 15) is 9.59 Å². The molecule has 3 nitrogen and oxygen atoms in total. The molecule has 0 N–H and O–H groups in total. The first kappa shape index (κ1) is 13.9. The molecule has 3 aliphatic carbocycles. The predicted molar refractivity (Wildman–Crippen MR) is 90.4 cm³/mol. The summed E-state index contributed by atoms with van der Waals surface area (Å²) in [6.45, 7) is 0. The highest BCUT2D eigenvalue weighted by Gasteiger charge is 2.72. The molecule has 23 heavy (non-hydrogen) atoms. The number of ether oxygens (including phenoxy) is 1. The van der Waals surface area contributed by atoms with E-state index in [0.29, 0.717) is 0 Å². The van der Waals surface area contributed by atoms with Gasteiger partial charge in [0.1, 0.15) is 0 Å². The molecule has 2 atom stereocenters. The summed E-state index contributed by atoms with van der Waals surface area (Å²) in [6, 6.07) is 15.9. The highest BCUT2D eigenvalue weighted by atomic mass is 79.9. The number of esters is 2. The monoisotopic (exact) mass is 432 g/mol. The lowest BCUT2D eigenvalue weighted by Crippen LogP contribution is -2.56. The fourth-order valence-electron chi connectivity index (χ4n) is 4.48. The molecule has 1 aliphatic heterocycles. The van der Waals surface area contributed by atoms with E-state index in [4.69, 9.17) is 4.74 Å². The van der Waals surface area contributed by atoms with Gasteiger partial charge in [-0.05, 0) is 22.3 Å². The zero-order valence-electron chi connectivity index (χ0n) is 11.8. The molecule has 6 rings (SSSR count). The first-order valence-electron chi connectivity index (χ1n) is 7.34. The molecular weight excluding hydrogens is 424 g/mol. The third-order valence-electron chi connectivity index (χ3n) is 5.32. The first-order chi connectivity index (χ1) is 11.0. The Morgan fingerprint density at radius 3 is 1.30 bits per heavy atom. The standard InChI is InChI=1S/C18H10Br2O3/c19-17-9-5-1-2-6-10(9)18(20,12-8-4-3-7-11(12)17)14-13(17)15(21)23-16(14)22/h1-8,13-14H. The summed E-state index contributed by atoms with van der Waals surface area (Å²) in [6.07, 6.45) is 0. The fourth-order valence-corrected chi connectivity index (χ4v) is 6.76. The van der Waals surface area contributed by atoms with Gasteiger partial charge < -0.3 is 4.74 Å². The summed E-state index contributed by atoms with van der Waals surface area (Å²) in [5.41, 5.74) is 4.07. The molecule has 0 saturated carbocycles. The van der Waals surface area contributed by atoms with Crippen molar-refractivity contribution >= 4 is 43.8 Å². The van der Waals surface area contributed by atoms with Gasteiger partial charge in [0.2, 0.25) is 0 Å². The lowest BCUT2D eigenvalue weighted by Gasteiger charge is -2.54. The molecule has 5 heteroatoms. The average molecular weight is 434 g/mol. The van der Waals surface area contributed by atoms with Gasteiger partial charge in [-0.25, -0.2) is 0 Å². The number of halogens is 2. The summed E-state index contributed by atoms with van der Waals surface area (Å²) < 4.78 is 3.58. The maximum atomic E-state index is 12.5. The SMILES string of the molecule is O=C1OC(=O)C2C1C1(Br)c3ccccc3C2(Br)c2ccccc21. The highest BCUT2D eigenvalue weighted by molar-refractivity contribution is 9.10. The van der Waals surface area contributed by atoms with Crippen molar-refractivity contribution < 1.29 is 14.3 Å². The van der Waals surface area contributed by atoms with Crippen molar-refractivity contribution in [2.75, 3.05) is 0 Å². The Hall–Kier alpha value is -1.46. The molecule has 2 bridgehead atoms. The van der Waals surface area contributed by atoms with Gasteiger partial charge in [0.05, 0.1) is 20.5 Å². The predicted octanol–water partition coefficient (Wildman–Crippen LogP) is 3.61. The lowest BCUT2D eigenvalue weighted by molar-refractivity contribution is -0.153. The Kier molecular flexibility index (Phi) is 2.51. The molecule has 0 amide bonds. The van der Waals surface area contributed by atoms with Crippen LogP contribution in [0, 0.1) is 11.8 Å². The zero-order chi connectivity index (χ0) is 16.0. The van der Waals surface area contributed by atoms with E-state index in [0.717, 1.165) is 22.3 Å². The molecule has 2 aromatic carbocycles. The van der Waals surface area contributed by atoms with E-state index >= 15 is 0 Å². The number of rotatable bonds is 0. The minimum Gasteiger partial charge on any atom is -0.393 e. The second-order valence-electron chi connectivity index (χ2n) is 6.21. The molecule has 0 radical (unpaired) electrons. The van der Waals surface area contributed by atoms with Crippen LogP contribution in [0.2, 0.25) is 0 Å². The van der Waals surface area contributed by atoms with Gasteiger partial charge in [0.25, 0.3) is 0 Å². The first-order valence-corrected chi connectivity index (χ1v) is 8.92. The van der Waals surface area contributed by atoms with Crippen molar-refractivity contribution in [3.8, 4) is 0 Å². The molecule has 1 saturated heterocycles. The van der Waals surface area contributed by atoms with Gasteiger partial charge >= 0.3 is 11.9 Å². The van der Waals surface area contributed by atoms with Crippen LogP contribution in [0.1, 0.15) is 22.3 Å². The van der Waals surface area contributed by atoms with Crippen LogP contribution in [0.5, 0.6) is 0 Å². The second-order valence-corrected chi connectivity index (χ2v) is 8.71. The van der Waals surface area contributed by atoms with Crippen molar-refractivity contribution in [1.29, 1.82) is 0 Å². The molecular formula is C18H10Br2O3. The average Bonchev–Trinajstić information content (AvgIpc) is 2.88. The third-order valence-corrected chi connectivity index (χ3v) is 8.02. The quantitative estimate of drug-likeness (QED) is 0.362. The number of cyclic esters (lactones) is 2. The van der Waals surface area contributed by atoms with Crippen molar-refractivity contribution in [3.63, 3.8) is 0 Å². The number of carbonyl (C=O) groups excluding carboxylic acids is 2. The maximum absolute atomic E-state index is 12.5. The molecule has 4 aliphatic rings. The smallest absolute Gasteiger partial charge is 0.319 e. The topological polar surface area (TPSA) is 43.4 Å². The van der Waals surface area contributed by atoms with Crippen molar-refractivity contribution in [3.05, 3.63) is 70.8 Å². The second kappa shape index (κ2) is 4.14. The van der Waals surface area contributed by atoms with Gasteiger partial charge in [-0.1, -0.05) is 80.4 Å². The van der Waals surface area contributed by atoms with E-state index < -0.39 is 32.4 Å². The summed E-state index contributed by atoms with van der Waals surface area (Å²) in [7, 11) is 0. The Morgan fingerprint density at radius 2 is 1.00 bits per heavy atom. The van der Waals surface area contributed by atoms with Crippen LogP contribution >= 0.6 is 31.9 Å². The van der Waals surface area contributed by atoms with Crippen LogP contribution in [-0.2, 0) is 23.0 Å². The Balaban J connectivity index is 1.99. The Morgan fingerprint density at radius 1 is 0.696 bits per heavy atom. The van der Waals surface area contributed by atoms with Crippen LogP contribution in [-0.4, -0.2) is 11.9 Å². The molecule has 1 heterocycles. The van der Waals surface area contributed by atoms with E-state index in [1.54, 1.807) is 0 Å². The van der Waals surface area contributed by atoms with Gasteiger partial charge in [-0.15, -0.1) is 0 Å². The van der Waals surface area contributed by atoms with Crippen LogP contribution in [0.3, 0.4) is 0 Å². The molecule has 114 valence electrons. The molecule has 2 unspecified atom stereocenters.